The molecular weight excluding hydrogens is 216 g/mol. The minimum Gasteiger partial charge on any atom is -0.387 e. The van der Waals surface area contributed by atoms with Gasteiger partial charge >= 0.3 is 0 Å². The lowest BCUT2D eigenvalue weighted by Gasteiger charge is -2.41. The summed E-state index contributed by atoms with van der Waals surface area (Å²) in [4.78, 5) is 0. The first-order valence-corrected chi connectivity index (χ1v) is 5.52. The smallest absolute Gasteiger partial charge is 0.114 e. The van der Waals surface area contributed by atoms with Crippen LogP contribution in [0.5, 0.6) is 0 Å². The van der Waals surface area contributed by atoms with E-state index < -0.39 is 36.6 Å². The number of aliphatic hydroxyl groups excluding tert-OH is 5. The molecule has 0 spiro atoms. The molecule has 1 rings (SSSR count). The van der Waals surface area contributed by atoms with E-state index in [9.17, 15) is 25.5 Å². The fraction of sp³-hybridized carbons (Fsp3) is 1.00. The highest BCUT2D eigenvalue weighted by atomic mass is 16.5. The van der Waals surface area contributed by atoms with E-state index in [2.05, 4.69) is 0 Å². The Balaban J connectivity index is 2.60. The molecule has 0 aromatic carbocycles. The van der Waals surface area contributed by atoms with Crippen molar-refractivity contribution >= 4 is 0 Å². The van der Waals surface area contributed by atoms with E-state index in [0.717, 1.165) is 12.8 Å². The zero-order valence-electron chi connectivity index (χ0n) is 9.23. The molecule has 0 aromatic heterocycles. The first kappa shape index (κ1) is 13.8. The van der Waals surface area contributed by atoms with Crippen LogP contribution >= 0.6 is 0 Å². The van der Waals surface area contributed by atoms with Gasteiger partial charge in [-0.1, -0.05) is 13.3 Å². The molecule has 0 saturated heterocycles. The molecule has 0 aromatic rings. The minimum atomic E-state index is -1.56. The number of unbranched alkanes of at least 4 members (excludes halogenated alkanes) is 1. The molecule has 4 unspecified atom stereocenters. The Hall–Kier alpha value is -0.240. The first-order valence-electron chi connectivity index (χ1n) is 5.52. The van der Waals surface area contributed by atoms with Gasteiger partial charge in [-0.3, -0.25) is 0 Å². The summed E-state index contributed by atoms with van der Waals surface area (Å²) >= 11 is 0. The van der Waals surface area contributed by atoms with E-state index in [1.165, 1.54) is 0 Å². The summed E-state index contributed by atoms with van der Waals surface area (Å²) in [6, 6.07) is 0. The predicted molar refractivity (Wildman–Crippen MR) is 54.7 cm³/mol. The summed E-state index contributed by atoms with van der Waals surface area (Å²) in [5.74, 6) is 0. The topological polar surface area (TPSA) is 110 Å². The van der Waals surface area contributed by atoms with Crippen LogP contribution in [0.4, 0.5) is 0 Å². The maximum Gasteiger partial charge on any atom is 0.114 e. The number of hydrogen-bond acceptors (Lipinski definition) is 6. The van der Waals surface area contributed by atoms with E-state index in [1.807, 2.05) is 6.92 Å². The molecule has 96 valence electrons. The molecule has 0 radical (unpaired) electrons. The summed E-state index contributed by atoms with van der Waals surface area (Å²) in [6.07, 6.45) is -6.79. The molecule has 5 N–H and O–H groups in total. The van der Waals surface area contributed by atoms with Crippen LogP contribution in [0.25, 0.3) is 0 Å². The van der Waals surface area contributed by atoms with Crippen LogP contribution in [0.3, 0.4) is 0 Å². The average Bonchev–Trinajstić information content (AvgIpc) is 2.28. The van der Waals surface area contributed by atoms with Crippen molar-refractivity contribution in [3.63, 3.8) is 0 Å². The van der Waals surface area contributed by atoms with Crippen molar-refractivity contribution in [1.82, 2.24) is 0 Å². The van der Waals surface area contributed by atoms with Gasteiger partial charge in [0.1, 0.15) is 36.6 Å². The summed E-state index contributed by atoms with van der Waals surface area (Å²) in [7, 11) is 0. The Kier molecular flexibility index (Phi) is 5.10. The Morgan fingerprint density at radius 1 is 0.812 bits per heavy atom. The van der Waals surface area contributed by atoms with Crippen molar-refractivity contribution in [1.29, 1.82) is 0 Å². The molecule has 4 atom stereocenters. The van der Waals surface area contributed by atoms with Gasteiger partial charge in [-0.05, 0) is 6.42 Å². The quantitative estimate of drug-likeness (QED) is 0.361. The van der Waals surface area contributed by atoms with Crippen LogP contribution in [0.1, 0.15) is 19.8 Å². The van der Waals surface area contributed by atoms with E-state index in [0.29, 0.717) is 6.61 Å². The fourth-order valence-corrected chi connectivity index (χ4v) is 1.76. The Bertz CT molecular complexity index is 195. The van der Waals surface area contributed by atoms with Crippen molar-refractivity contribution in [2.45, 2.75) is 56.4 Å². The van der Waals surface area contributed by atoms with Gasteiger partial charge in [0.05, 0.1) is 0 Å². The van der Waals surface area contributed by atoms with Crippen LogP contribution in [-0.2, 0) is 4.74 Å². The zero-order valence-corrected chi connectivity index (χ0v) is 9.23. The molecule has 16 heavy (non-hydrogen) atoms. The summed E-state index contributed by atoms with van der Waals surface area (Å²) in [5, 5.41) is 47.3. The van der Waals surface area contributed by atoms with Gasteiger partial charge in [0.2, 0.25) is 0 Å². The monoisotopic (exact) mass is 236 g/mol. The molecule has 1 saturated carbocycles. The van der Waals surface area contributed by atoms with Crippen LogP contribution < -0.4 is 0 Å². The van der Waals surface area contributed by atoms with Crippen LogP contribution in [0.2, 0.25) is 0 Å². The predicted octanol–water partition coefficient (Wildman–Crippen LogP) is -2.01. The number of hydrogen-bond donors (Lipinski definition) is 5. The van der Waals surface area contributed by atoms with Crippen LogP contribution in [0.15, 0.2) is 0 Å². The summed E-state index contributed by atoms with van der Waals surface area (Å²) in [5.41, 5.74) is 0. The van der Waals surface area contributed by atoms with E-state index in [4.69, 9.17) is 4.74 Å². The highest BCUT2D eigenvalue weighted by molar-refractivity contribution is 4.99. The van der Waals surface area contributed by atoms with Gasteiger partial charge in [-0.25, -0.2) is 0 Å². The zero-order chi connectivity index (χ0) is 12.3. The van der Waals surface area contributed by atoms with Crippen molar-refractivity contribution in [2.24, 2.45) is 0 Å². The molecule has 0 heterocycles. The number of ether oxygens (including phenoxy) is 1. The second-order valence-electron chi connectivity index (χ2n) is 4.14. The van der Waals surface area contributed by atoms with E-state index >= 15 is 0 Å². The molecule has 1 aliphatic rings. The molecule has 0 amide bonds. The maximum absolute atomic E-state index is 9.59. The molecule has 6 nitrogen and oxygen atoms in total. The number of rotatable bonds is 4. The summed E-state index contributed by atoms with van der Waals surface area (Å²) < 4.78 is 5.21. The molecule has 0 bridgehead atoms. The normalized spacial score (nSPS) is 44.6. The molecule has 6 heteroatoms. The Morgan fingerprint density at radius 3 is 1.69 bits per heavy atom. The van der Waals surface area contributed by atoms with Crippen LogP contribution in [-0.4, -0.2) is 68.8 Å². The lowest BCUT2D eigenvalue weighted by Crippen LogP contribution is -2.64. The minimum absolute atomic E-state index is 0.324. The lowest BCUT2D eigenvalue weighted by atomic mass is 9.85. The van der Waals surface area contributed by atoms with Crippen molar-refractivity contribution < 1.29 is 30.3 Å². The third-order valence-electron chi connectivity index (χ3n) is 2.88. The van der Waals surface area contributed by atoms with E-state index in [-0.39, 0.29) is 0 Å². The third kappa shape index (κ3) is 2.71. The van der Waals surface area contributed by atoms with Gasteiger partial charge in [0.25, 0.3) is 0 Å². The van der Waals surface area contributed by atoms with E-state index in [1.54, 1.807) is 0 Å². The number of aliphatic hydroxyl groups is 5. The van der Waals surface area contributed by atoms with Gasteiger partial charge in [0, 0.05) is 6.61 Å². The molecule has 1 fully saturated rings. The standard InChI is InChI=1S/C10H20O6/c1-2-3-4-16-10-8(14)6(12)5(11)7(13)9(10)15/h5-15H,2-4H2,1H3. The van der Waals surface area contributed by atoms with Gasteiger partial charge in [-0.2, -0.15) is 0 Å². The van der Waals surface area contributed by atoms with Crippen molar-refractivity contribution in [3.8, 4) is 0 Å². The molecular formula is C10H20O6. The van der Waals surface area contributed by atoms with Crippen molar-refractivity contribution in [2.75, 3.05) is 6.61 Å². The van der Waals surface area contributed by atoms with Crippen molar-refractivity contribution in [3.05, 3.63) is 0 Å². The lowest BCUT2D eigenvalue weighted by molar-refractivity contribution is -0.235. The molecule has 0 aliphatic heterocycles. The van der Waals surface area contributed by atoms with Crippen LogP contribution in [0, 0.1) is 0 Å². The van der Waals surface area contributed by atoms with Gasteiger partial charge < -0.3 is 30.3 Å². The van der Waals surface area contributed by atoms with Gasteiger partial charge in [0.15, 0.2) is 0 Å². The molecule has 1 aliphatic carbocycles. The highest BCUT2D eigenvalue weighted by Crippen LogP contribution is 2.23. The Morgan fingerprint density at radius 2 is 1.25 bits per heavy atom. The fourth-order valence-electron chi connectivity index (χ4n) is 1.76. The maximum atomic E-state index is 9.59. The second-order valence-corrected chi connectivity index (χ2v) is 4.14. The SMILES string of the molecule is CCCCOC1C(O)C(O)C(O)C(O)C1O. The first-order chi connectivity index (χ1) is 7.50. The highest BCUT2D eigenvalue weighted by Gasteiger charge is 2.48. The Labute approximate surface area is 94.1 Å². The average molecular weight is 236 g/mol. The second kappa shape index (κ2) is 5.90. The third-order valence-corrected chi connectivity index (χ3v) is 2.88. The van der Waals surface area contributed by atoms with Gasteiger partial charge in [-0.15, -0.1) is 0 Å². The largest absolute Gasteiger partial charge is 0.387 e. The summed E-state index contributed by atoms with van der Waals surface area (Å²) in [6.45, 7) is 2.29.